The summed E-state index contributed by atoms with van der Waals surface area (Å²) in [6.07, 6.45) is 14.5. The molecule has 2 aliphatic heterocycles. The molecule has 0 aromatic carbocycles. The minimum Gasteiger partial charge on any atom is -0.309 e. The lowest BCUT2D eigenvalue weighted by molar-refractivity contribution is 0.163. The van der Waals surface area contributed by atoms with Crippen LogP contribution in [0.25, 0.3) is 0 Å². The predicted octanol–water partition coefficient (Wildman–Crippen LogP) is 2.22. The smallest absolute Gasteiger partial charge is 0.0405 e. The molecule has 3 rings (SSSR count). The fourth-order valence-corrected chi connectivity index (χ4v) is 3.73. The fourth-order valence-electron chi connectivity index (χ4n) is 3.73. The van der Waals surface area contributed by atoms with Crippen molar-refractivity contribution in [2.75, 3.05) is 6.54 Å². The lowest BCUT2D eigenvalue weighted by Crippen LogP contribution is -2.56. The number of fused-ring (bicyclic) bond motifs is 1. The largest absolute Gasteiger partial charge is 0.309 e. The highest BCUT2D eigenvalue weighted by Crippen LogP contribution is 2.33. The summed E-state index contributed by atoms with van der Waals surface area (Å²) in [4.78, 5) is 0. The Kier molecular flexibility index (Phi) is 3.30. The molecule has 2 heterocycles. The fraction of sp³-hybridized carbons (Fsp3) is 0.857. The van der Waals surface area contributed by atoms with Gasteiger partial charge in [-0.2, -0.15) is 0 Å². The van der Waals surface area contributed by atoms with Crippen LogP contribution in [0, 0.1) is 5.92 Å². The van der Waals surface area contributed by atoms with Gasteiger partial charge in [-0.15, -0.1) is 0 Å². The second-order valence-corrected chi connectivity index (χ2v) is 5.70. The van der Waals surface area contributed by atoms with Crippen LogP contribution in [0.1, 0.15) is 44.9 Å². The zero-order valence-corrected chi connectivity index (χ0v) is 10.1. The lowest BCUT2D eigenvalue weighted by Gasteiger charge is -2.43. The normalized spacial score (nSPS) is 44.0. The Morgan fingerprint density at radius 2 is 1.88 bits per heavy atom. The maximum atomic E-state index is 3.91. The van der Waals surface area contributed by atoms with Gasteiger partial charge in [0.2, 0.25) is 0 Å². The highest BCUT2D eigenvalue weighted by atomic mass is 15.1. The molecule has 0 amide bonds. The molecular formula is C14H24N2. The molecular weight excluding hydrogens is 196 g/mol. The number of rotatable bonds is 1. The second-order valence-electron chi connectivity index (χ2n) is 5.70. The molecule has 0 radical (unpaired) electrons. The van der Waals surface area contributed by atoms with Crippen LogP contribution in [0.2, 0.25) is 0 Å². The first kappa shape index (κ1) is 10.8. The van der Waals surface area contributed by atoms with E-state index < -0.39 is 0 Å². The third-order valence-electron chi connectivity index (χ3n) is 4.65. The van der Waals surface area contributed by atoms with E-state index in [4.69, 9.17) is 0 Å². The number of nitrogens with one attached hydrogen (secondary N) is 2. The zero-order valence-electron chi connectivity index (χ0n) is 10.1. The van der Waals surface area contributed by atoms with E-state index in [-0.39, 0.29) is 0 Å². The zero-order chi connectivity index (χ0) is 10.8. The predicted molar refractivity (Wildman–Crippen MR) is 67.5 cm³/mol. The van der Waals surface area contributed by atoms with Gasteiger partial charge in [0.25, 0.3) is 0 Å². The van der Waals surface area contributed by atoms with Crippen molar-refractivity contribution >= 4 is 0 Å². The van der Waals surface area contributed by atoms with Gasteiger partial charge in [0.05, 0.1) is 0 Å². The minimum absolute atomic E-state index is 0.594. The first-order valence-electron chi connectivity index (χ1n) is 7.09. The van der Waals surface area contributed by atoms with E-state index in [0.29, 0.717) is 12.1 Å². The molecule has 4 unspecified atom stereocenters. The van der Waals surface area contributed by atoms with E-state index in [2.05, 4.69) is 22.8 Å². The standard InChI is InChI=1S/C14H24N2/c1-2-6-12-11(5-1)8-9-14(16-12)13-7-3-4-10-15-13/h3,7,11-16H,1-2,4-6,8-10H2. The minimum atomic E-state index is 0.594. The van der Waals surface area contributed by atoms with E-state index in [1.54, 1.807) is 0 Å². The van der Waals surface area contributed by atoms with E-state index in [0.717, 1.165) is 18.5 Å². The van der Waals surface area contributed by atoms with Gasteiger partial charge in [-0.1, -0.05) is 25.0 Å². The summed E-state index contributed by atoms with van der Waals surface area (Å²) in [5.41, 5.74) is 0. The molecule has 1 saturated heterocycles. The van der Waals surface area contributed by atoms with Gasteiger partial charge in [-0.25, -0.2) is 0 Å². The maximum Gasteiger partial charge on any atom is 0.0405 e. The van der Waals surface area contributed by atoms with Crippen molar-refractivity contribution < 1.29 is 0 Å². The molecule has 2 fully saturated rings. The van der Waals surface area contributed by atoms with Crippen molar-refractivity contribution in [1.29, 1.82) is 0 Å². The van der Waals surface area contributed by atoms with Crippen LogP contribution in [-0.4, -0.2) is 24.7 Å². The number of hydrogen-bond acceptors (Lipinski definition) is 2. The SMILES string of the molecule is C1=CC(C2CCC3CCCCC3N2)NCC1. The van der Waals surface area contributed by atoms with Gasteiger partial charge in [-0.3, -0.25) is 0 Å². The van der Waals surface area contributed by atoms with E-state index in [1.807, 2.05) is 0 Å². The van der Waals surface area contributed by atoms with Crippen molar-refractivity contribution in [2.24, 2.45) is 5.92 Å². The molecule has 3 aliphatic rings. The van der Waals surface area contributed by atoms with Crippen molar-refractivity contribution in [3.8, 4) is 0 Å². The summed E-state index contributed by atoms with van der Waals surface area (Å²) in [7, 11) is 0. The summed E-state index contributed by atoms with van der Waals surface area (Å²) in [6, 6.07) is 2.11. The average Bonchev–Trinajstić information content (AvgIpc) is 2.39. The third kappa shape index (κ3) is 2.18. The monoisotopic (exact) mass is 220 g/mol. The molecule has 0 bridgehead atoms. The first-order chi connectivity index (χ1) is 7.93. The highest BCUT2D eigenvalue weighted by molar-refractivity contribution is 5.06. The molecule has 2 N–H and O–H groups in total. The summed E-state index contributed by atoms with van der Waals surface area (Å²) in [5.74, 6) is 0.984. The Morgan fingerprint density at radius 3 is 2.75 bits per heavy atom. The maximum absolute atomic E-state index is 3.91. The van der Waals surface area contributed by atoms with E-state index >= 15 is 0 Å². The van der Waals surface area contributed by atoms with Crippen LogP contribution in [0.4, 0.5) is 0 Å². The van der Waals surface area contributed by atoms with Gasteiger partial charge >= 0.3 is 0 Å². The topological polar surface area (TPSA) is 24.1 Å². The second kappa shape index (κ2) is 4.89. The molecule has 2 heteroatoms. The summed E-state index contributed by atoms with van der Waals surface area (Å²) < 4.78 is 0. The molecule has 1 saturated carbocycles. The van der Waals surface area contributed by atoms with Gasteiger partial charge in [0, 0.05) is 18.1 Å². The third-order valence-corrected chi connectivity index (χ3v) is 4.65. The number of hydrogen-bond donors (Lipinski definition) is 2. The first-order valence-corrected chi connectivity index (χ1v) is 7.09. The van der Waals surface area contributed by atoms with Crippen LogP contribution in [0.3, 0.4) is 0 Å². The van der Waals surface area contributed by atoms with Crippen LogP contribution < -0.4 is 10.6 Å². The van der Waals surface area contributed by atoms with Gasteiger partial charge < -0.3 is 10.6 Å². The Balaban J connectivity index is 1.61. The summed E-state index contributed by atoms with van der Waals surface area (Å²) in [6.45, 7) is 1.16. The quantitative estimate of drug-likeness (QED) is 0.662. The average molecular weight is 220 g/mol. The Bertz CT molecular complexity index is 261. The molecule has 90 valence electrons. The van der Waals surface area contributed by atoms with Crippen molar-refractivity contribution in [3.63, 3.8) is 0 Å². The van der Waals surface area contributed by atoms with E-state index in [1.165, 1.54) is 44.9 Å². The van der Waals surface area contributed by atoms with Crippen molar-refractivity contribution in [2.45, 2.75) is 63.1 Å². The van der Waals surface area contributed by atoms with Gasteiger partial charge in [-0.05, 0) is 44.6 Å². The number of piperidine rings is 1. The van der Waals surface area contributed by atoms with Gasteiger partial charge in [0.1, 0.15) is 0 Å². The van der Waals surface area contributed by atoms with Crippen LogP contribution in [0.15, 0.2) is 12.2 Å². The van der Waals surface area contributed by atoms with Crippen molar-refractivity contribution in [1.82, 2.24) is 10.6 Å². The Morgan fingerprint density at radius 1 is 0.938 bits per heavy atom. The van der Waals surface area contributed by atoms with Gasteiger partial charge in [0.15, 0.2) is 0 Å². The van der Waals surface area contributed by atoms with Crippen LogP contribution >= 0.6 is 0 Å². The van der Waals surface area contributed by atoms with Crippen LogP contribution in [-0.2, 0) is 0 Å². The molecule has 16 heavy (non-hydrogen) atoms. The molecule has 2 nitrogen and oxygen atoms in total. The molecule has 0 aromatic heterocycles. The molecule has 4 atom stereocenters. The lowest BCUT2D eigenvalue weighted by atomic mass is 9.76. The summed E-state index contributed by atoms with van der Waals surface area (Å²) in [5, 5.41) is 7.55. The van der Waals surface area contributed by atoms with Crippen LogP contribution in [0.5, 0.6) is 0 Å². The Labute approximate surface area is 98.9 Å². The van der Waals surface area contributed by atoms with E-state index in [9.17, 15) is 0 Å². The molecule has 1 aliphatic carbocycles. The summed E-state index contributed by atoms with van der Waals surface area (Å²) >= 11 is 0. The highest BCUT2D eigenvalue weighted by Gasteiger charge is 2.34. The molecule has 0 aromatic rings. The molecule has 0 spiro atoms. The van der Waals surface area contributed by atoms with Crippen molar-refractivity contribution in [3.05, 3.63) is 12.2 Å². The Hall–Kier alpha value is -0.340.